The molecule has 3 nitrogen and oxygen atoms in total. The fourth-order valence-electron chi connectivity index (χ4n) is 1.65. The molecule has 0 saturated carbocycles. The molecule has 2 aromatic rings. The summed E-state index contributed by atoms with van der Waals surface area (Å²) < 4.78 is 15.5. The summed E-state index contributed by atoms with van der Waals surface area (Å²) in [5.74, 6) is 0.132. The first-order chi connectivity index (χ1) is 8.61. The summed E-state index contributed by atoms with van der Waals surface area (Å²) in [4.78, 5) is 4.29. The quantitative estimate of drug-likeness (QED) is 0.850. The Bertz CT molecular complexity index is 557. The standard InChI is InChI=1S/C13H13ClFN3/c1-3-7-18-8-9(2)16-13(18)17-12-10(14)5-4-6-11(12)15/h3-6,8H,1,7H2,2H3,(H,16,17). The molecule has 0 fully saturated rings. The Morgan fingerprint density at radius 1 is 1.56 bits per heavy atom. The van der Waals surface area contributed by atoms with Crippen molar-refractivity contribution in [1.29, 1.82) is 0 Å². The number of hydrogen-bond donors (Lipinski definition) is 1. The Kier molecular flexibility index (Phi) is 3.67. The smallest absolute Gasteiger partial charge is 0.207 e. The maximum absolute atomic E-state index is 13.7. The van der Waals surface area contributed by atoms with Gasteiger partial charge in [0.05, 0.1) is 16.4 Å². The second-order valence-corrected chi connectivity index (χ2v) is 4.28. The Balaban J connectivity index is 2.36. The summed E-state index contributed by atoms with van der Waals surface area (Å²) >= 11 is 5.96. The van der Waals surface area contributed by atoms with Gasteiger partial charge in [0.2, 0.25) is 5.95 Å². The minimum atomic E-state index is -0.409. The molecule has 1 aromatic carbocycles. The Hall–Kier alpha value is -1.81. The molecule has 0 aliphatic heterocycles. The highest BCUT2D eigenvalue weighted by Gasteiger charge is 2.11. The Labute approximate surface area is 110 Å². The number of rotatable bonds is 4. The number of benzene rings is 1. The van der Waals surface area contributed by atoms with Crippen LogP contribution in [0.2, 0.25) is 5.02 Å². The van der Waals surface area contributed by atoms with Crippen LogP contribution in [-0.2, 0) is 6.54 Å². The maximum atomic E-state index is 13.7. The third kappa shape index (κ3) is 2.54. The van der Waals surface area contributed by atoms with E-state index in [1.807, 2.05) is 17.7 Å². The van der Waals surface area contributed by atoms with E-state index in [1.165, 1.54) is 6.07 Å². The molecule has 5 heteroatoms. The van der Waals surface area contributed by atoms with Gasteiger partial charge >= 0.3 is 0 Å². The molecule has 1 heterocycles. The molecule has 1 aromatic heterocycles. The average molecular weight is 266 g/mol. The van der Waals surface area contributed by atoms with Crippen molar-refractivity contribution < 1.29 is 4.39 Å². The van der Waals surface area contributed by atoms with E-state index >= 15 is 0 Å². The molecule has 0 unspecified atom stereocenters. The van der Waals surface area contributed by atoms with E-state index in [2.05, 4.69) is 16.9 Å². The second kappa shape index (κ2) is 5.23. The van der Waals surface area contributed by atoms with Crippen molar-refractivity contribution in [3.63, 3.8) is 0 Å². The first kappa shape index (κ1) is 12.6. The predicted octanol–water partition coefficient (Wildman–Crippen LogP) is 3.91. The molecule has 0 radical (unpaired) electrons. The number of nitrogens with one attached hydrogen (secondary N) is 1. The van der Waals surface area contributed by atoms with Crippen LogP contribution < -0.4 is 5.32 Å². The molecule has 0 spiro atoms. The number of aryl methyl sites for hydroxylation is 1. The number of anilines is 2. The van der Waals surface area contributed by atoms with Gasteiger partial charge in [-0.15, -0.1) is 6.58 Å². The summed E-state index contributed by atoms with van der Waals surface area (Å²) in [6.07, 6.45) is 3.61. The first-order valence-electron chi connectivity index (χ1n) is 5.47. The zero-order valence-electron chi connectivity index (χ0n) is 9.95. The highest BCUT2D eigenvalue weighted by molar-refractivity contribution is 6.33. The number of aromatic nitrogens is 2. The van der Waals surface area contributed by atoms with E-state index in [4.69, 9.17) is 11.6 Å². The second-order valence-electron chi connectivity index (χ2n) is 3.87. The molecule has 18 heavy (non-hydrogen) atoms. The normalized spacial score (nSPS) is 10.4. The van der Waals surface area contributed by atoms with Gasteiger partial charge in [0, 0.05) is 12.7 Å². The van der Waals surface area contributed by atoms with Crippen LogP contribution in [0.4, 0.5) is 16.0 Å². The fourth-order valence-corrected chi connectivity index (χ4v) is 1.86. The van der Waals surface area contributed by atoms with Crippen LogP contribution >= 0.6 is 11.6 Å². The molecule has 94 valence electrons. The van der Waals surface area contributed by atoms with Gasteiger partial charge in [0.1, 0.15) is 5.82 Å². The van der Waals surface area contributed by atoms with Gasteiger partial charge in [-0.2, -0.15) is 0 Å². The third-order valence-corrected chi connectivity index (χ3v) is 2.74. The van der Waals surface area contributed by atoms with Crippen molar-refractivity contribution >= 4 is 23.2 Å². The predicted molar refractivity (Wildman–Crippen MR) is 71.9 cm³/mol. The average Bonchev–Trinajstić information content (AvgIpc) is 2.65. The highest BCUT2D eigenvalue weighted by Crippen LogP contribution is 2.27. The monoisotopic (exact) mass is 265 g/mol. The van der Waals surface area contributed by atoms with Gasteiger partial charge in [0.25, 0.3) is 0 Å². The summed E-state index contributed by atoms with van der Waals surface area (Å²) in [5.41, 5.74) is 1.07. The van der Waals surface area contributed by atoms with Crippen molar-refractivity contribution in [2.24, 2.45) is 0 Å². The lowest BCUT2D eigenvalue weighted by Crippen LogP contribution is -2.03. The Morgan fingerprint density at radius 3 is 3.00 bits per heavy atom. The van der Waals surface area contributed by atoms with Crippen LogP contribution in [0.3, 0.4) is 0 Å². The van der Waals surface area contributed by atoms with Crippen molar-refractivity contribution in [2.45, 2.75) is 13.5 Å². The van der Waals surface area contributed by atoms with E-state index in [1.54, 1.807) is 18.2 Å². The Morgan fingerprint density at radius 2 is 2.33 bits per heavy atom. The zero-order chi connectivity index (χ0) is 13.1. The minimum Gasteiger partial charge on any atom is -0.322 e. The van der Waals surface area contributed by atoms with Gasteiger partial charge in [0.15, 0.2) is 0 Å². The van der Waals surface area contributed by atoms with E-state index < -0.39 is 5.82 Å². The molecule has 0 aliphatic carbocycles. The van der Waals surface area contributed by atoms with Crippen LogP contribution in [0.25, 0.3) is 0 Å². The van der Waals surface area contributed by atoms with E-state index in [0.29, 0.717) is 17.5 Å². The summed E-state index contributed by atoms with van der Waals surface area (Å²) in [5, 5.41) is 3.23. The molecular formula is C13H13ClFN3. The van der Waals surface area contributed by atoms with Crippen LogP contribution in [0.15, 0.2) is 37.1 Å². The minimum absolute atomic E-state index is 0.232. The molecule has 0 bridgehead atoms. The van der Waals surface area contributed by atoms with Crippen LogP contribution in [0, 0.1) is 12.7 Å². The maximum Gasteiger partial charge on any atom is 0.207 e. The molecule has 0 amide bonds. The summed E-state index contributed by atoms with van der Waals surface area (Å²) in [6, 6.07) is 4.53. The molecule has 0 atom stereocenters. The number of nitrogens with zero attached hydrogens (tertiary/aromatic N) is 2. The van der Waals surface area contributed by atoms with Crippen LogP contribution in [0.1, 0.15) is 5.69 Å². The SMILES string of the molecule is C=CCn1cc(C)nc1Nc1c(F)cccc1Cl. The third-order valence-electron chi connectivity index (χ3n) is 2.42. The molecular weight excluding hydrogens is 253 g/mol. The van der Waals surface area contributed by atoms with Crippen molar-refractivity contribution in [3.05, 3.63) is 53.6 Å². The lowest BCUT2D eigenvalue weighted by Gasteiger charge is -2.10. The largest absolute Gasteiger partial charge is 0.322 e. The zero-order valence-corrected chi connectivity index (χ0v) is 10.7. The molecule has 0 aliphatic rings. The van der Waals surface area contributed by atoms with Crippen molar-refractivity contribution in [3.8, 4) is 0 Å². The highest BCUT2D eigenvalue weighted by atomic mass is 35.5. The summed E-state index contributed by atoms with van der Waals surface area (Å²) in [6.45, 7) is 6.13. The van der Waals surface area contributed by atoms with Gasteiger partial charge in [-0.3, -0.25) is 0 Å². The van der Waals surface area contributed by atoms with E-state index in [0.717, 1.165) is 5.69 Å². The van der Waals surface area contributed by atoms with Crippen LogP contribution in [-0.4, -0.2) is 9.55 Å². The number of halogens is 2. The first-order valence-corrected chi connectivity index (χ1v) is 5.85. The number of hydrogen-bond acceptors (Lipinski definition) is 2. The molecule has 2 rings (SSSR count). The fraction of sp³-hybridized carbons (Fsp3) is 0.154. The van der Waals surface area contributed by atoms with Crippen LogP contribution in [0.5, 0.6) is 0 Å². The lowest BCUT2D eigenvalue weighted by atomic mass is 10.3. The van der Waals surface area contributed by atoms with E-state index in [-0.39, 0.29) is 5.69 Å². The molecule has 1 N–H and O–H groups in total. The summed E-state index contributed by atoms with van der Waals surface area (Å²) in [7, 11) is 0. The van der Waals surface area contributed by atoms with Gasteiger partial charge < -0.3 is 9.88 Å². The van der Waals surface area contributed by atoms with Gasteiger partial charge in [-0.25, -0.2) is 9.37 Å². The van der Waals surface area contributed by atoms with Crippen molar-refractivity contribution in [2.75, 3.05) is 5.32 Å². The van der Waals surface area contributed by atoms with E-state index in [9.17, 15) is 4.39 Å². The van der Waals surface area contributed by atoms with Crippen molar-refractivity contribution in [1.82, 2.24) is 9.55 Å². The van der Waals surface area contributed by atoms with Gasteiger partial charge in [-0.1, -0.05) is 23.7 Å². The number of imidazole rings is 1. The number of para-hydroxylation sites is 1. The molecule has 0 saturated heterocycles. The lowest BCUT2D eigenvalue weighted by molar-refractivity contribution is 0.631. The topological polar surface area (TPSA) is 29.9 Å². The number of allylic oxidation sites excluding steroid dienone is 1. The van der Waals surface area contributed by atoms with Gasteiger partial charge in [-0.05, 0) is 19.1 Å².